The molecule has 0 unspecified atom stereocenters. The molecule has 20 heavy (non-hydrogen) atoms. The van der Waals surface area contributed by atoms with Crippen LogP contribution < -0.4 is 4.90 Å². The second kappa shape index (κ2) is 5.81. The minimum absolute atomic E-state index is 0.295. The summed E-state index contributed by atoms with van der Waals surface area (Å²) in [7, 11) is 0. The highest BCUT2D eigenvalue weighted by Gasteiger charge is 2.14. The van der Waals surface area contributed by atoms with Crippen LogP contribution in [-0.2, 0) is 4.74 Å². The van der Waals surface area contributed by atoms with E-state index < -0.39 is 0 Å². The monoisotopic (exact) mass is 291 g/mol. The van der Waals surface area contributed by atoms with Crippen molar-refractivity contribution in [1.29, 1.82) is 0 Å². The Balaban J connectivity index is 1.98. The van der Waals surface area contributed by atoms with Gasteiger partial charge < -0.3 is 9.64 Å². The Bertz CT molecular complexity index is 591. The molecule has 104 valence electrons. The van der Waals surface area contributed by atoms with E-state index in [-0.39, 0.29) is 5.82 Å². The molecule has 1 heterocycles. The lowest BCUT2D eigenvalue weighted by molar-refractivity contribution is 0.122. The summed E-state index contributed by atoms with van der Waals surface area (Å²) in [6.45, 7) is 3.16. The Kier molecular flexibility index (Phi) is 3.90. The van der Waals surface area contributed by atoms with Crippen LogP contribution >= 0.6 is 11.6 Å². The molecule has 0 atom stereocenters. The molecule has 1 fully saturated rings. The second-order valence-corrected chi connectivity index (χ2v) is 5.15. The van der Waals surface area contributed by atoms with Crippen LogP contribution in [0.1, 0.15) is 0 Å². The third-order valence-corrected chi connectivity index (χ3v) is 3.79. The zero-order chi connectivity index (χ0) is 13.9. The van der Waals surface area contributed by atoms with Crippen LogP contribution in [0.25, 0.3) is 11.1 Å². The van der Waals surface area contributed by atoms with Crippen molar-refractivity contribution in [2.45, 2.75) is 0 Å². The van der Waals surface area contributed by atoms with E-state index in [4.69, 9.17) is 16.3 Å². The van der Waals surface area contributed by atoms with E-state index >= 15 is 0 Å². The van der Waals surface area contributed by atoms with Crippen LogP contribution in [-0.4, -0.2) is 26.3 Å². The number of halogens is 2. The lowest BCUT2D eigenvalue weighted by Crippen LogP contribution is -2.36. The number of anilines is 1. The van der Waals surface area contributed by atoms with Gasteiger partial charge in [0.1, 0.15) is 5.82 Å². The molecule has 0 saturated carbocycles. The molecule has 1 aliphatic heterocycles. The number of hydrogen-bond donors (Lipinski definition) is 0. The summed E-state index contributed by atoms with van der Waals surface area (Å²) in [5.74, 6) is -0.295. The van der Waals surface area contributed by atoms with E-state index in [9.17, 15) is 4.39 Å². The molecule has 2 aromatic rings. The topological polar surface area (TPSA) is 12.5 Å². The number of morpholine rings is 1. The molecule has 2 aromatic carbocycles. The lowest BCUT2D eigenvalue weighted by atomic mass is 10.0. The molecule has 4 heteroatoms. The molecule has 0 amide bonds. The van der Waals surface area contributed by atoms with Crippen molar-refractivity contribution < 1.29 is 9.13 Å². The Hall–Kier alpha value is -1.58. The van der Waals surface area contributed by atoms with Gasteiger partial charge in [-0.05, 0) is 29.8 Å². The average Bonchev–Trinajstić information content (AvgIpc) is 2.48. The van der Waals surface area contributed by atoms with Gasteiger partial charge in [-0.1, -0.05) is 29.8 Å². The number of ether oxygens (including phenoxy) is 1. The third-order valence-electron chi connectivity index (χ3n) is 3.47. The van der Waals surface area contributed by atoms with Crippen molar-refractivity contribution in [3.63, 3.8) is 0 Å². The fourth-order valence-electron chi connectivity index (χ4n) is 2.45. The van der Waals surface area contributed by atoms with Crippen LogP contribution in [0.5, 0.6) is 0 Å². The molecular formula is C16H15ClFNO. The SMILES string of the molecule is Fc1cccc(Cl)c1-c1cccc(N2CCOCC2)c1. The van der Waals surface area contributed by atoms with Gasteiger partial charge in [-0.25, -0.2) is 4.39 Å². The minimum Gasteiger partial charge on any atom is -0.378 e. The molecule has 0 aromatic heterocycles. The Morgan fingerprint density at radius 2 is 1.80 bits per heavy atom. The Labute approximate surface area is 122 Å². The average molecular weight is 292 g/mol. The molecule has 3 rings (SSSR count). The highest BCUT2D eigenvalue weighted by atomic mass is 35.5. The number of rotatable bonds is 2. The van der Waals surface area contributed by atoms with Gasteiger partial charge in [0.25, 0.3) is 0 Å². The maximum Gasteiger partial charge on any atom is 0.132 e. The molecule has 0 N–H and O–H groups in total. The Morgan fingerprint density at radius 1 is 1.05 bits per heavy atom. The number of nitrogens with zero attached hydrogens (tertiary/aromatic N) is 1. The molecule has 0 radical (unpaired) electrons. The lowest BCUT2D eigenvalue weighted by Gasteiger charge is -2.29. The van der Waals surface area contributed by atoms with Crippen molar-refractivity contribution in [2.24, 2.45) is 0 Å². The van der Waals surface area contributed by atoms with Crippen LogP contribution in [0.15, 0.2) is 42.5 Å². The standard InChI is InChI=1S/C16H15ClFNO/c17-14-5-2-6-15(18)16(14)12-3-1-4-13(11-12)19-7-9-20-10-8-19/h1-6,11H,7-10H2. The molecular weight excluding hydrogens is 277 g/mol. The number of hydrogen-bond acceptors (Lipinski definition) is 2. The fraction of sp³-hybridized carbons (Fsp3) is 0.250. The molecule has 2 nitrogen and oxygen atoms in total. The van der Waals surface area contributed by atoms with Gasteiger partial charge in [0, 0.05) is 24.3 Å². The third kappa shape index (κ3) is 2.65. The summed E-state index contributed by atoms with van der Waals surface area (Å²) < 4.78 is 19.3. The van der Waals surface area contributed by atoms with E-state index in [0.717, 1.165) is 37.6 Å². The van der Waals surface area contributed by atoms with Gasteiger partial charge in [0.05, 0.1) is 18.2 Å². The zero-order valence-corrected chi connectivity index (χ0v) is 11.7. The van der Waals surface area contributed by atoms with E-state index in [0.29, 0.717) is 10.6 Å². The summed E-state index contributed by atoms with van der Waals surface area (Å²) in [5, 5.41) is 0.434. The smallest absolute Gasteiger partial charge is 0.132 e. The normalized spacial score (nSPS) is 15.4. The maximum absolute atomic E-state index is 14.0. The summed E-state index contributed by atoms with van der Waals surface area (Å²) in [6.07, 6.45) is 0. The summed E-state index contributed by atoms with van der Waals surface area (Å²) >= 11 is 6.13. The van der Waals surface area contributed by atoms with Crippen molar-refractivity contribution in [2.75, 3.05) is 31.2 Å². The van der Waals surface area contributed by atoms with E-state index in [1.807, 2.05) is 24.3 Å². The molecule has 0 bridgehead atoms. The van der Waals surface area contributed by atoms with Crippen molar-refractivity contribution in [3.8, 4) is 11.1 Å². The summed E-state index contributed by atoms with van der Waals surface area (Å²) in [4.78, 5) is 2.24. The van der Waals surface area contributed by atoms with Gasteiger partial charge in [-0.2, -0.15) is 0 Å². The molecule has 0 spiro atoms. The van der Waals surface area contributed by atoms with Crippen LogP contribution in [0.2, 0.25) is 5.02 Å². The zero-order valence-electron chi connectivity index (χ0n) is 11.0. The largest absolute Gasteiger partial charge is 0.378 e. The van der Waals surface area contributed by atoms with Gasteiger partial charge in [-0.15, -0.1) is 0 Å². The van der Waals surface area contributed by atoms with E-state index in [1.54, 1.807) is 12.1 Å². The first-order valence-electron chi connectivity index (χ1n) is 6.63. The Morgan fingerprint density at radius 3 is 2.55 bits per heavy atom. The fourth-order valence-corrected chi connectivity index (χ4v) is 2.73. The molecule has 0 aliphatic carbocycles. The van der Waals surface area contributed by atoms with Gasteiger partial charge in [0.2, 0.25) is 0 Å². The van der Waals surface area contributed by atoms with Crippen molar-refractivity contribution in [1.82, 2.24) is 0 Å². The van der Waals surface area contributed by atoms with Crippen LogP contribution in [0.4, 0.5) is 10.1 Å². The minimum atomic E-state index is -0.295. The maximum atomic E-state index is 14.0. The summed E-state index contributed by atoms with van der Waals surface area (Å²) in [5.41, 5.74) is 2.34. The van der Waals surface area contributed by atoms with Gasteiger partial charge >= 0.3 is 0 Å². The number of benzene rings is 2. The summed E-state index contributed by atoms with van der Waals surface area (Å²) in [6, 6.07) is 12.6. The first-order valence-corrected chi connectivity index (χ1v) is 7.00. The highest BCUT2D eigenvalue weighted by molar-refractivity contribution is 6.33. The predicted octanol–water partition coefficient (Wildman–Crippen LogP) is 3.98. The van der Waals surface area contributed by atoms with Crippen LogP contribution in [0.3, 0.4) is 0 Å². The second-order valence-electron chi connectivity index (χ2n) is 4.75. The van der Waals surface area contributed by atoms with Gasteiger partial charge in [0.15, 0.2) is 0 Å². The molecule has 1 aliphatic rings. The predicted molar refractivity (Wildman–Crippen MR) is 79.9 cm³/mol. The van der Waals surface area contributed by atoms with Crippen LogP contribution in [0, 0.1) is 5.82 Å². The first-order chi connectivity index (χ1) is 9.75. The van der Waals surface area contributed by atoms with E-state index in [2.05, 4.69) is 4.90 Å². The van der Waals surface area contributed by atoms with Crippen molar-refractivity contribution >= 4 is 17.3 Å². The van der Waals surface area contributed by atoms with Gasteiger partial charge in [-0.3, -0.25) is 0 Å². The van der Waals surface area contributed by atoms with Crippen molar-refractivity contribution in [3.05, 3.63) is 53.3 Å². The highest BCUT2D eigenvalue weighted by Crippen LogP contribution is 2.32. The molecule has 1 saturated heterocycles. The van der Waals surface area contributed by atoms with E-state index in [1.165, 1.54) is 6.07 Å². The first kappa shape index (κ1) is 13.4. The quantitative estimate of drug-likeness (QED) is 0.830.